The third-order valence-corrected chi connectivity index (χ3v) is 7.92. The number of carbonyl (C=O) groups excluding carboxylic acids is 3. The average Bonchev–Trinajstić information content (AvgIpc) is 3.80. The number of hydrogen-bond acceptors (Lipinski definition) is 8. The highest BCUT2D eigenvalue weighted by molar-refractivity contribution is 6.32. The third-order valence-electron chi connectivity index (χ3n) is 7.58. The molecule has 194 valence electrons. The van der Waals surface area contributed by atoms with Crippen LogP contribution in [0.5, 0.6) is 5.75 Å². The molecule has 0 radical (unpaired) electrons. The molecular formula is C27H24ClN5O5. The second-order valence-corrected chi connectivity index (χ2v) is 10.8. The van der Waals surface area contributed by atoms with Crippen molar-refractivity contribution >= 4 is 35.3 Å². The molecule has 11 heteroatoms. The number of rotatable bonds is 7. The molecule has 1 atom stereocenters. The van der Waals surface area contributed by atoms with E-state index in [1.165, 1.54) is 4.90 Å². The summed E-state index contributed by atoms with van der Waals surface area (Å²) in [6.45, 7) is 0.233. The third kappa shape index (κ3) is 4.09. The monoisotopic (exact) mass is 533 g/mol. The second-order valence-electron chi connectivity index (χ2n) is 10.3. The molecule has 10 nitrogen and oxygen atoms in total. The zero-order valence-corrected chi connectivity index (χ0v) is 21.1. The van der Waals surface area contributed by atoms with E-state index in [-0.39, 0.29) is 30.8 Å². The molecule has 3 fully saturated rings. The van der Waals surface area contributed by atoms with Crippen LogP contribution in [0.15, 0.2) is 40.8 Å². The number of amides is 3. The predicted molar refractivity (Wildman–Crippen MR) is 135 cm³/mol. The minimum Gasteiger partial charge on any atom is -0.490 e. The molecule has 2 aliphatic carbocycles. The van der Waals surface area contributed by atoms with E-state index < -0.39 is 17.5 Å². The first kappa shape index (κ1) is 23.2. The minimum absolute atomic E-state index is 0.201. The number of ether oxygens (including phenoxy) is 1. The van der Waals surface area contributed by atoms with Gasteiger partial charge in [-0.1, -0.05) is 22.8 Å². The number of nitrogens with zero attached hydrogens (tertiary/aromatic N) is 3. The average molecular weight is 534 g/mol. The summed E-state index contributed by atoms with van der Waals surface area (Å²) in [7, 11) is 0. The van der Waals surface area contributed by atoms with Crippen molar-refractivity contribution in [1.82, 2.24) is 20.4 Å². The second kappa shape index (κ2) is 8.56. The summed E-state index contributed by atoms with van der Waals surface area (Å²) >= 11 is 6.66. The van der Waals surface area contributed by atoms with E-state index in [4.69, 9.17) is 20.8 Å². The standard InChI is InChI=1S/C27H24ClN5O5/c28-20-12-15(11-18-19(20)13-33(25(18)36)21-6-7-22(34)29-23(21)35)27(8-9-27)30-26-32-31-24(38-26)14-2-1-3-17(10-14)37-16-4-5-16/h1-3,10-12,16,21H,4-9,13H2,(H,30,32)(H,29,34,35). The normalized spacial score (nSPS) is 21.8. The van der Waals surface area contributed by atoms with Gasteiger partial charge in [0.15, 0.2) is 0 Å². The van der Waals surface area contributed by atoms with Gasteiger partial charge in [-0.25, -0.2) is 0 Å². The summed E-state index contributed by atoms with van der Waals surface area (Å²) in [5.41, 5.74) is 2.30. The Morgan fingerprint density at radius 1 is 1.11 bits per heavy atom. The lowest BCUT2D eigenvalue weighted by atomic mass is 9.99. The fraction of sp³-hybridized carbons (Fsp3) is 0.370. The SMILES string of the molecule is O=C1CCC(N2Cc3c(Cl)cc(C4(Nc5nnc(-c6cccc(OC7CC7)c6)o5)CC4)cc3C2=O)C(=O)N1. The van der Waals surface area contributed by atoms with Gasteiger partial charge in [-0.2, -0.15) is 0 Å². The van der Waals surface area contributed by atoms with Crippen molar-refractivity contribution in [3.8, 4) is 17.2 Å². The quantitative estimate of drug-likeness (QED) is 0.439. The Morgan fingerprint density at radius 2 is 1.95 bits per heavy atom. The van der Waals surface area contributed by atoms with E-state index in [0.29, 0.717) is 34.6 Å². The fourth-order valence-electron chi connectivity index (χ4n) is 5.18. The number of halogens is 1. The maximum atomic E-state index is 13.3. The van der Waals surface area contributed by atoms with Gasteiger partial charge in [-0.15, -0.1) is 5.10 Å². The van der Waals surface area contributed by atoms with E-state index in [1.54, 1.807) is 0 Å². The molecule has 7 rings (SSSR count). The number of hydrogen-bond donors (Lipinski definition) is 2. The highest BCUT2D eigenvalue weighted by Gasteiger charge is 2.48. The molecule has 1 saturated heterocycles. The summed E-state index contributed by atoms with van der Waals surface area (Å²) < 4.78 is 11.8. The van der Waals surface area contributed by atoms with Crippen molar-refractivity contribution < 1.29 is 23.5 Å². The lowest BCUT2D eigenvalue weighted by Gasteiger charge is -2.29. The molecule has 2 saturated carbocycles. The zero-order valence-electron chi connectivity index (χ0n) is 20.3. The number of carbonyl (C=O) groups is 3. The van der Waals surface area contributed by atoms with Crippen molar-refractivity contribution in [3.05, 3.63) is 58.1 Å². The molecule has 0 spiro atoms. The van der Waals surface area contributed by atoms with E-state index in [2.05, 4.69) is 20.8 Å². The Kier molecular flexibility index (Phi) is 5.23. The van der Waals surface area contributed by atoms with Crippen molar-refractivity contribution in [1.29, 1.82) is 0 Å². The topological polar surface area (TPSA) is 127 Å². The number of benzene rings is 2. The van der Waals surface area contributed by atoms with Crippen LogP contribution in [0.25, 0.3) is 11.5 Å². The Balaban J connectivity index is 1.11. The fourth-order valence-corrected chi connectivity index (χ4v) is 5.46. The van der Waals surface area contributed by atoms with Gasteiger partial charge in [0.25, 0.3) is 5.91 Å². The van der Waals surface area contributed by atoms with Gasteiger partial charge in [0.1, 0.15) is 11.8 Å². The number of anilines is 1. The summed E-state index contributed by atoms with van der Waals surface area (Å²) in [6.07, 6.45) is 4.55. The summed E-state index contributed by atoms with van der Waals surface area (Å²) in [5.74, 6) is 0.131. The first-order valence-corrected chi connectivity index (χ1v) is 13.1. The molecule has 3 aromatic rings. The van der Waals surface area contributed by atoms with Gasteiger partial charge in [-0.3, -0.25) is 19.7 Å². The van der Waals surface area contributed by atoms with E-state index >= 15 is 0 Å². The van der Waals surface area contributed by atoms with Gasteiger partial charge in [0, 0.05) is 34.7 Å². The van der Waals surface area contributed by atoms with E-state index in [1.807, 2.05) is 36.4 Å². The Hall–Kier alpha value is -3.92. The Bertz CT molecular complexity index is 1490. The Labute approximate surface area is 222 Å². The summed E-state index contributed by atoms with van der Waals surface area (Å²) in [4.78, 5) is 38.8. The first-order valence-electron chi connectivity index (χ1n) is 12.7. The van der Waals surface area contributed by atoms with Crippen LogP contribution in [0.2, 0.25) is 5.02 Å². The molecule has 0 bridgehead atoms. The summed E-state index contributed by atoms with van der Waals surface area (Å²) in [5, 5.41) is 14.5. The smallest absolute Gasteiger partial charge is 0.316 e. The van der Waals surface area contributed by atoms with Crippen molar-refractivity contribution in [2.45, 2.75) is 62.8 Å². The highest BCUT2D eigenvalue weighted by Crippen LogP contribution is 2.50. The van der Waals surface area contributed by atoms with Crippen LogP contribution in [0.4, 0.5) is 6.01 Å². The van der Waals surface area contributed by atoms with Crippen molar-refractivity contribution in [2.24, 2.45) is 0 Å². The van der Waals surface area contributed by atoms with Gasteiger partial charge in [-0.05, 0) is 68.0 Å². The molecule has 1 aromatic heterocycles. The highest BCUT2D eigenvalue weighted by atomic mass is 35.5. The van der Waals surface area contributed by atoms with Crippen LogP contribution in [0.1, 0.15) is 60.0 Å². The van der Waals surface area contributed by atoms with Gasteiger partial charge >= 0.3 is 6.01 Å². The lowest BCUT2D eigenvalue weighted by molar-refractivity contribution is -0.136. The van der Waals surface area contributed by atoms with E-state index in [9.17, 15) is 14.4 Å². The molecule has 2 N–H and O–H groups in total. The maximum absolute atomic E-state index is 13.3. The first-order chi connectivity index (χ1) is 18.4. The van der Waals surface area contributed by atoms with Crippen LogP contribution < -0.4 is 15.4 Å². The molecule has 2 aliphatic heterocycles. The molecule has 3 amide bonds. The number of imide groups is 1. The lowest BCUT2D eigenvalue weighted by Crippen LogP contribution is -2.52. The van der Waals surface area contributed by atoms with Gasteiger partial charge in [0.2, 0.25) is 17.7 Å². The van der Waals surface area contributed by atoms with E-state index in [0.717, 1.165) is 42.6 Å². The maximum Gasteiger partial charge on any atom is 0.316 e. The molecule has 38 heavy (non-hydrogen) atoms. The van der Waals surface area contributed by atoms with Crippen LogP contribution in [0.3, 0.4) is 0 Å². The predicted octanol–water partition coefficient (Wildman–Crippen LogP) is 3.79. The molecular weight excluding hydrogens is 510 g/mol. The van der Waals surface area contributed by atoms with Gasteiger partial charge < -0.3 is 19.4 Å². The molecule has 1 unspecified atom stereocenters. The van der Waals surface area contributed by atoms with Crippen LogP contribution in [-0.2, 0) is 21.7 Å². The van der Waals surface area contributed by atoms with Crippen molar-refractivity contribution in [2.75, 3.05) is 5.32 Å². The van der Waals surface area contributed by atoms with Gasteiger partial charge in [0.05, 0.1) is 11.6 Å². The Morgan fingerprint density at radius 3 is 2.71 bits per heavy atom. The van der Waals surface area contributed by atoms with Crippen LogP contribution in [0, 0.1) is 0 Å². The summed E-state index contributed by atoms with van der Waals surface area (Å²) in [6, 6.07) is 10.9. The number of nitrogens with one attached hydrogen (secondary N) is 2. The molecule has 4 aliphatic rings. The minimum atomic E-state index is -0.690. The largest absolute Gasteiger partial charge is 0.490 e. The zero-order chi connectivity index (χ0) is 26.0. The van der Waals surface area contributed by atoms with Crippen molar-refractivity contribution in [3.63, 3.8) is 0 Å². The number of aromatic nitrogens is 2. The molecule has 2 aromatic carbocycles. The number of fused-ring (bicyclic) bond motifs is 1. The van der Waals surface area contributed by atoms with Crippen LogP contribution in [-0.4, -0.2) is 45.0 Å². The number of piperidine rings is 1. The van der Waals surface area contributed by atoms with Crippen LogP contribution >= 0.6 is 11.6 Å². The molecule has 3 heterocycles.